The second kappa shape index (κ2) is 6.36. The maximum absolute atomic E-state index is 6.17. The first kappa shape index (κ1) is 14.3. The molecule has 3 atom stereocenters. The maximum atomic E-state index is 6.17. The molecule has 0 aromatic heterocycles. The summed E-state index contributed by atoms with van der Waals surface area (Å²) in [4.78, 5) is 0. The third-order valence-corrected chi connectivity index (χ3v) is 5.06. The SMILES string of the molecule is CCNC1CC(OCC2CCCO2)C1(CC)CC. The lowest BCUT2D eigenvalue weighted by molar-refractivity contribution is -0.155. The van der Waals surface area contributed by atoms with Crippen LogP contribution in [0.5, 0.6) is 0 Å². The van der Waals surface area contributed by atoms with Crippen molar-refractivity contribution in [1.82, 2.24) is 5.32 Å². The summed E-state index contributed by atoms with van der Waals surface area (Å²) >= 11 is 0. The number of hydrogen-bond acceptors (Lipinski definition) is 3. The quantitative estimate of drug-likeness (QED) is 0.759. The van der Waals surface area contributed by atoms with Gasteiger partial charge in [0, 0.05) is 18.1 Å². The van der Waals surface area contributed by atoms with Crippen LogP contribution in [0.15, 0.2) is 0 Å². The number of ether oxygens (including phenoxy) is 2. The average Bonchev–Trinajstić information content (AvgIpc) is 2.87. The molecule has 0 amide bonds. The van der Waals surface area contributed by atoms with Gasteiger partial charge in [0.2, 0.25) is 0 Å². The van der Waals surface area contributed by atoms with Crippen molar-refractivity contribution in [2.75, 3.05) is 19.8 Å². The first-order chi connectivity index (χ1) is 8.76. The number of nitrogens with one attached hydrogen (secondary N) is 1. The molecule has 0 spiro atoms. The van der Waals surface area contributed by atoms with E-state index < -0.39 is 0 Å². The highest BCUT2D eigenvalue weighted by Crippen LogP contribution is 2.49. The van der Waals surface area contributed by atoms with Crippen LogP contribution >= 0.6 is 0 Å². The predicted molar refractivity (Wildman–Crippen MR) is 73.8 cm³/mol. The fraction of sp³-hybridized carbons (Fsp3) is 1.00. The molecule has 3 unspecified atom stereocenters. The van der Waals surface area contributed by atoms with E-state index in [1.54, 1.807) is 0 Å². The molecule has 3 heteroatoms. The molecule has 1 aliphatic carbocycles. The van der Waals surface area contributed by atoms with E-state index >= 15 is 0 Å². The third kappa shape index (κ3) is 2.59. The zero-order valence-corrected chi connectivity index (χ0v) is 12.2. The van der Waals surface area contributed by atoms with Crippen LogP contribution < -0.4 is 5.32 Å². The lowest BCUT2D eigenvalue weighted by atomic mass is 9.58. The molecule has 2 rings (SSSR count). The minimum Gasteiger partial charge on any atom is -0.376 e. The van der Waals surface area contributed by atoms with Crippen LogP contribution in [0.25, 0.3) is 0 Å². The van der Waals surface area contributed by atoms with Crippen molar-refractivity contribution < 1.29 is 9.47 Å². The molecule has 1 N–H and O–H groups in total. The van der Waals surface area contributed by atoms with E-state index in [9.17, 15) is 0 Å². The van der Waals surface area contributed by atoms with Crippen molar-refractivity contribution in [1.29, 1.82) is 0 Å². The number of rotatable bonds is 7. The van der Waals surface area contributed by atoms with Crippen LogP contribution in [0.4, 0.5) is 0 Å². The molecule has 1 aliphatic heterocycles. The highest BCUT2D eigenvalue weighted by Gasteiger charge is 2.53. The monoisotopic (exact) mass is 255 g/mol. The van der Waals surface area contributed by atoms with Crippen LogP contribution in [0.3, 0.4) is 0 Å². The molecule has 1 saturated heterocycles. The van der Waals surface area contributed by atoms with Gasteiger partial charge in [0.05, 0.1) is 18.8 Å². The number of hydrogen-bond donors (Lipinski definition) is 1. The summed E-state index contributed by atoms with van der Waals surface area (Å²) in [5, 5.41) is 3.62. The third-order valence-electron chi connectivity index (χ3n) is 5.06. The predicted octanol–water partition coefficient (Wildman–Crippen LogP) is 2.74. The Bertz CT molecular complexity index is 247. The Labute approximate surface area is 112 Å². The lowest BCUT2D eigenvalue weighted by Crippen LogP contribution is -2.63. The Hall–Kier alpha value is -0.120. The Kier molecular flexibility index (Phi) is 5.05. The molecule has 106 valence electrons. The summed E-state index contributed by atoms with van der Waals surface area (Å²) in [5.41, 5.74) is 0.356. The minimum absolute atomic E-state index is 0.356. The van der Waals surface area contributed by atoms with E-state index in [-0.39, 0.29) is 0 Å². The highest BCUT2D eigenvalue weighted by atomic mass is 16.5. The van der Waals surface area contributed by atoms with Crippen molar-refractivity contribution in [3.05, 3.63) is 0 Å². The van der Waals surface area contributed by atoms with Gasteiger partial charge >= 0.3 is 0 Å². The van der Waals surface area contributed by atoms with Gasteiger partial charge in [-0.05, 0) is 38.6 Å². The molecular formula is C15H29NO2. The van der Waals surface area contributed by atoms with E-state index in [4.69, 9.17) is 9.47 Å². The summed E-state index contributed by atoms with van der Waals surface area (Å²) in [5.74, 6) is 0. The molecule has 0 aromatic rings. The van der Waals surface area contributed by atoms with Crippen LogP contribution in [-0.4, -0.2) is 38.0 Å². The van der Waals surface area contributed by atoms with Gasteiger partial charge in [-0.1, -0.05) is 20.8 Å². The molecule has 18 heavy (non-hydrogen) atoms. The van der Waals surface area contributed by atoms with Gasteiger partial charge in [-0.25, -0.2) is 0 Å². The highest BCUT2D eigenvalue weighted by molar-refractivity contribution is 5.06. The molecule has 0 radical (unpaired) electrons. The van der Waals surface area contributed by atoms with Gasteiger partial charge in [-0.3, -0.25) is 0 Å². The van der Waals surface area contributed by atoms with Crippen molar-refractivity contribution in [3.63, 3.8) is 0 Å². The standard InChI is InChI=1S/C15H29NO2/c1-4-15(5-2)13(16-6-3)10-14(15)18-11-12-8-7-9-17-12/h12-14,16H,4-11H2,1-3H3. The van der Waals surface area contributed by atoms with Crippen LogP contribution in [0, 0.1) is 5.41 Å². The van der Waals surface area contributed by atoms with E-state index in [0.717, 1.165) is 19.8 Å². The summed E-state index contributed by atoms with van der Waals surface area (Å²) in [6.07, 6.45) is 6.74. The van der Waals surface area contributed by atoms with E-state index in [1.165, 1.54) is 32.1 Å². The zero-order valence-electron chi connectivity index (χ0n) is 12.2. The fourth-order valence-electron chi connectivity index (χ4n) is 3.71. The second-order valence-corrected chi connectivity index (χ2v) is 5.74. The molecule has 2 aliphatic rings. The molecular weight excluding hydrogens is 226 g/mol. The van der Waals surface area contributed by atoms with Crippen molar-refractivity contribution in [3.8, 4) is 0 Å². The molecule has 3 nitrogen and oxygen atoms in total. The van der Waals surface area contributed by atoms with Gasteiger partial charge in [0.15, 0.2) is 0 Å². The van der Waals surface area contributed by atoms with E-state index in [1.807, 2.05) is 0 Å². The van der Waals surface area contributed by atoms with Gasteiger partial charge in [0.25, 0.3) is 0 Å². The van der Waals surface area contributed by atoms with Crippen LogP contribution in [0.1, 0.15) is 52.9 Å². The molecule has 1 saturated carbocycles. The lowest BCUT2D eigenvalue weighted by Gasteiger charge is -2.55. The average molecular weight is 255 g/mol. The zero-order chi connectivity index (χ0) is 13.0. The molecule has 0 bridgehead atoms. The molecule has 1 heterocycles. The van der Waals surface area contributed by atoms with E-state index in [2.05, 4.69) is 26.1 Å². The van der Waals surface area contributed by atoms with Gasteiger partial charge in [-0.15, -0.1) is 0 Å². The summed E-state index contributed by atoms with van der Waals surface area (Å²) in [7, 11) is 0. The topological polar surface area (TPSA) is 30.5 Å². The van der Waals surface area contributed by atoms with Crippen LogP contribution in [0.2, 0.25) is 0 Å². The fourth-order valence-corrected chi connectivity index (χ4v) is 3.71. The Balaban J connectivity index is 1.84. The molecule has 2 fully saturated rings. The van der Waals surface area contributed by atoms with Gasteiger partial charge in [-0.2, -0.15) is 0 Å². The maximum Gasteiger partial charge on any atom is 0.0809 e. The van der Waals surface area contributed by atoms with Crippen LogP contribution in [-0.2, 0) is 9.47 Å². The first-order valence-electron chi connectivity index (χ1n) is 7.73. The second-order valence-electron chi connectivity index (χ2n) is 5.74. The summed E-state index contributed by atoms with van der Waals surface area (Å²) in [6.45, 7) is 9.57. The van der Waals surface area contributed by atoms with Crippen molar-refractivity contribution in [2.24, 2.45) is 5.41 Å². The van der Waals surface area contributed by atoms with Crippen molar-refractivity contribution in [2.45, 2.75) is 71.1 Å². The normalized spacial score (nSPS) is 34.5. The summed E-state index contributed by atoms with van der Waals surface area (Å²) in [6, 6.07) is 0.645. The minimum atomic E-state index is 0.356. The summed E-state index contributed by atoms with van der Waals surface area (Å²) < 4.78 is 11.8. The van der Waals surface area contributed by atoms with Gasteiger partial charge in [0.1, 0.15) is 0 Å². The largest absolute Gasteiger partial charge is 0.376 e. The van der Waals surface area contributed by atoms with Crippen molar-refractivity contribution >= 4 is 0 Å². The van der Waals surface area contributed by atoms with Gasteiger partial charge < -0.3 is 14.8 Å². The molecule has 0 aromatic carbocycles. The van der Waals surface area contributed by atoms with E-state index in [0.29, 0.717) is 23.7 Å². The smallest absolute Gasteiger partial charge is 0.0809 e. The Morgan fingerprint density at radius 2 is 2.06 bits per heavy atom. The first-order valence-corrected chi connectivity index (χ1v) is 7.73. The Morgan fingerprint density at radius 1 is 1.28 bits per heavy atom. The Morgan fingerprint density at radius 3 is 2.61 bits per heavy atom.